The van der Waals surface area contributed by atoms with Crippen molar-refractivity contribution < 1.29 is 13.9 Å². The number of benzene rings is 2. The maximum Gasteiger partial charge on any atom is 0.291 e. The molecule has 8 heteroatoms. The van der Waals surface area contributed by atoms with E-state index in [-0.39, 0.29) is 23.7 Å². The highest BCUT2D eigenvalue weighted by Gasteiger charge is 2.15. The summed E-state index contributed by atoms with van der Waals surface area (Å²) >= 11 is 12.0. The summed E-state index contributed by atoms with van der Waals surface area (Å²) in [6.45, 7) is 7.21. The first-order valence-electron chi connectivity index (χ1n) is 10.8. The summed E-state index contributed by atoms with van der Waals surface area (Å²) in [6.07, 6.45) is 3.30. The normalized spacial score (nSPS) is 11.4. The van der Waals surface area contributed by atoms with Crippen LogP contribution in [0.3, 0.4) is 0 Å². The second kappa shape index (κ2) is 9.95. The molecule has 0 fully saturated rings. The summed E-state index contributed by atoms with van der Waals surface area (Å²) in [4.78, 5) is 12.6. The zero-order valence-electron chi connectivity index (χ0n) is 19.1. The van der Waals surface area contributed by atoms with E-state index in [0.29, 0.717) is 28.0 Å². The van der Waals surface area contributed by atoms with Gasteiger partial charge in [-0.3, -0.25) is 9.48 Å². The number of carbonyl (C=O) groups excluding carboxylic acids is 1. The van der Waals surface area contributed by atoms with Crippen LogP contribution in [0.25, 0.3) is 0 Å². The molecule has 4 rings (SSSR count). The molecule has 0 aliphatic rings. The van der Waals surface area contributed by atoms with Crippen LogP contribution in [0, 0.1) is 0 Å². The lowest BCUT2D eigenvalue weighted by Gasteiger charge is -2.19. The first-order chi connectivity index (χ1) is 16.2. The van der Waals surface area contributed by atoms with Crippen LogP contribution in [0.2, 0.25) is 10.0 Å². The van der Waals surface area contributed by atoms with E-state index >= 15 is 0 Å². The number of nitrogens with zero attached hydrogens (tertiary/aromatic N) is 2. The summed E-state index contributed by atoms with van der Waals surface area (Å²) < 4.78 is 13.1. The Bertz CT molecular complexity index is 1290. The molecular weight excluding hydrogens is 473 g/mol. The van der Waals surface area contributed by atoms with Crippen molar-refractivity contribution in [2.45, 2.75) is 39.3 Å². The van der Waals surface area contributed by atoms with Crippen LogP contribution in [0.1, 0.15) is 48.2 Å². The number of halogens is 2. The lowest BCUT2D eigenvalue weighted by atomic mass is 9.87. The van der Waals surface area contributed by atoms with Crippen LogP contribution >= 0.6 is 23.2 Å². The number of hydrogen-bond donors (Lipinski definition) is 1. The van der Waals surface area contributed by atoms with Gasteiger partial charge in [-0.05, 0) is 52.9 Å². The Morgan fingerprint density at radius 1 is 1.06 bits per heavy atom. The molecule has 2 aromatic heterocycles. The third kappa shape index (κ3) is 6.01. The Morgan fingerprint density at radius 2 is 1.82 bits per heavy atom. The molecule has 0 spiro atoms. The van der Waals surface area contributed by atoms with Gasteiger partial charge in [0.2, 0.25) is 0 Å². The van der Waals surface area contributed by atoms with Crippen LogP contribution in [-0.2, 0) is 18.6 Å². The van der Waals surface area contributed by atoms with Crippen molar-refractivity contribution in [3.8, 4) is 5.75 Å². The molecule has 176 valence electrons. The highest BCUT2D eigenvalue weighted by atomic mass is 35.5. The number of aromatic nitrogens is 2. The Balaban J connectivity index is 1.31. The van der Waals surface area contributed by atoms with Gasteiger partial charge in [-0.1, -0.05) is 62.2 Å². The minimum Gasteiger partial charge on any atom is -0.486 e. The third-order valence-electron chi connectivity index (χ3n) is 5.21. The van der Waals surface area contributed by atoms with E-state index < -0.39 is 0 Å². The van der Waals surface area contributed by atoms with Crippen molar-refractivity contribution in [2.24, 2.45) is 0 Å². The summed E-state index contributed by atoms with van der Waals surface area (Å²) in [5.74, 6) is 1.12. The predicted molar refractivity (Wildman–Crippen MR) is 134 cm³/mol. The van der Waals surface area contributed by atoms with Gasteiger partial charge in [0, 0.05) is 6.20 Å². The summed E-state index contributed by atoms with van der Waals surface area (Å²) in [5, 5.41) is 8.05. The first kappa shape index (κ1) is 23.9. The molecule has 0 aliphatic carbocycles. The largest absolute Gasteiger partial charge is 0.486 e. The quantitative estimate of drug-likeness (QED) is 0.299. The fourth-order valence-electron chi connectivity index (χ4n) is 3.32. The Labute approximate surface area is 208 Å². The average Bonchev–Trinajstić information content (AvgIpc) is 3.44. The second-order valence-corrected chi connectivity index (χ2v) is 9.77. The molecule has 2 aromatic carbocycles. The van der Waals surface area contributed by atoms with Crippen LogP contribution < -0.4 is 10.1 Å². The van der Waals surface area contributed by atoms with Gasteiger partial charge in [-0.25, -0.2) is 0 Å². The molecule has 34 heavy (non-hydrogen) atoms. The highest BCUT2D eigenvalue weighted by molar-refractivity contribution is 6.42. The number of furan rings is 1. The number of amides is 1. The third-order valence-corrected chi connectivity index (χ3v) is 5.95. The molecule has 0 unspecified atom stereocenters. The van der Waals surface area contributed by atoms with E-state index in [2.05, 4.69) is 43.3 Å². The lowest BCUT2D eigenvalue weighted by molar-refractivity contribution is 0.0992. The van der Waals surface area contributed by atoms with E-state index in [4.69, 9.17) is 32.4 Å². The van der Waals surface area contributed by atoms with Gasteiger partial charge in [0.25, 0.3) is 5.91 Å². The van der Waals surface area contributed by atoms with E-state index in [1.807, 2.05) is 18.2 Å². The van der Waals surface area contributed by atoms with Gasteiger partial charge in [-0.2, -0.15) is 5.10 Å². The zero-order chi connectivity index (χ0) is 24.3. The first-order valence-corrected chi connectivity index (χ1v) is 11.5. The fraction of sp³-hybridized carbons (Fsp3) is 0.231. The predicted octanol–water partition coefficient (Wildman–Crippen LogP) is 6.96. The Hall–Kier alpha value is -3.22. The van der Waals surface area contributed by atoms with Gasteiger partial charge in [0.05, 0.1) is 28.5 Å². The number of ether oxygens (including phenoxy) is 1. The maximum atomic E-state index is 12.6. The number of nitrogens with one attached hydrogen (secondary N) is 1. The van der Waals surface area contributed by atoms with E-state index in [1.54, 1.807) is 41.3 Å². The highest BCUT2D eigenvalue weighted by Crippen LogP contribution is 2.25. The van der Waals surface area contributed by atoms with E-state index in [1.165, 1.54) is 5.56 Å². The van der Waals surface area contributed by atoms with Gasteiger partial charge in [0.1, 0.15) is 18.1 Å². The summed E-state index contributed by atoms with van der Waals surface area (Å²) in [7, 11) is 0. The van der Waals surface area contributed by atoms with Gasteiger partial charge in [-0.15, -0.1) is 0 Å². The molecule has 4 aromatic rings. The van der Waals surface area contributed by atoms with Crippen LogP contribution in [0.4, 0.5) is 5.69 Å². The van der Waals surface area contributed by atoms with Crippen LogP contribution in [0.15, 0.2) is 71.4 Å². The van der Waals surface area contributed by atoms with E-state index in [9.17, 15) is 4.79 Å². The van der Waals surface area contributed by atoms with Crippen molar-refractivity contribution in [1.82, 2.24) is 9.78 Å². The van der Waals surface area contributed by atoms with E-state index in [0.717, 1.165) is 11.3 Å². The fourth-order valence-corrected chi connectivity index (χ4v) is 3.64. The van der Waals surface area contributed by atoms with Gasteiger partial charge in [0.15, 0.2) is 5.76 Å². The molecule has 0 aliphatic heterocycles. The molecule has 1 amide bonds. The Kier molecular flexibility index (Phi) is 7.00. The monoisotopic (exact) mass is 497 g/mol. The molecule has 6 nitrogen and oxygen atoms in total. The molecular formula is C26H25Cl2N3O3. The van der Waals surface area contributed by atoms with Crippen LogP contribution in [0.5, 0.6) is 5.75 Å². The standard InChI is InChI=1S/C26H25Cl2N3O3/c1-26(2,3)18-5-7-20(8-6-18)33-16-21-9-11-24(34-21)25(32)30-19-13-29-31(15-19)14-17-4-10-22(27)23(28)12-17/h4-13,15H,14,16H2,1-3H3,(H,30,32). The minimum atomic E-state index is -0.366. The summed E-state index contributed by atoms with van der Waals surface area (Å²) in [6, 6.07) is 16.7. The average molecular weight is 498 g/mol. The number of hydrogen-bond acceptors (Lipinski definition) is 4. The molecule has 2 heterocycles. The van der Waals surface area contributed by atoms with Gasteiger partial charge >= 0.3 is 0 Å². The van der Waals surface area contributed by atoms with Crippen molar-refractivity contribution >= 4 is 34.8 Å². The molecule has 1 N–H and O–H groups in total. The number of rotatable bonds is 7. The topological polar surface area (TPSA) is 69.3 Å². The van der Waals surface area contributed by atoms with Crippen molar-refractivity contribution in [2.75, 3.05) is 5.32 Å². The molecule has 0 atom stereocenters. The number of carbonyl (C=O) groups is 1. The van der Waals surface area contributed by atoms with Crippen molar-refractivity contribution in [1.29, 1.82) is 0 Å². The smallest absolute Gasteiger partial charge is 0.291 e. The summed E-state index contributed by atoms with van der Waals surface area (Å²) in [5.41, 5.74) is 2.82. The molecule has 0 bridgehead atoms. The van der Waals surface area contributed by atoms with Crippen LogP contribution in [-0.4, -0.2) is 15.7 Å². The number of anilines is 1. The Morgan fingerprint density at radius 3 is 2.53 bits per heavy atom. The van der Waals surface area contributed by atoms with Gasteiger partial charge < -0.3 is 14.5 Å². The van der Waals surface area contributed by atoms with Crippen molar-refractivity contribution in [3.63, 3.8) is 0 Å². The van der Waals surface area contributed by atoms with Crippen molar-refractivity contribution in [3.05, 3.63) is 99.7 Å². The molecule has 0 saturated carbocycles. The zero-order valence-corrected chi connectivity index (χ0v) is 20.7. The molecule has 0 radical (unpaired) electrons. The SMILES string of the molecule is CC(C)(C)c1ccc(OCc2ccc(C(=O)Nc3cnn(Cc4ccc(Cl)c(Cl)c4)c3)o2)cc1. The lowest BCUT2D eigenvalue weighted by Crippen LogP contribution is -2.10. The maximum absolute atomic E-state index is 12.6. The second-order valence-electron chi connectivity index (χ2n) is 8.96. The minimum absolute atomic E-state index is 0.0852. The molecule has 0 saturated heterocycles.